The Bertz CT molecular complexity index is 226. The van der Waals surface area contributed by atoms with Crippen molar-refractivity contribution in [3.63, 3.8) is 0 Å². The van der Waals surface area contributed by atoms with E-state index < -0.39 is 23.9 Å². The molecule has 0 radical (unpaired) electrons. The number of carbonyl (C=O) groups is 1. The number of aliphatic hydroxyl groups is 2. The van der Waals surface area contributed by atoms with Gasteiger partial charge in [0.1, 0.15) is 11.2 Å². The maximum atomic E-state index is 11.3. The van der Waals surface area contributed by atoms with Gasteiger partial charge in [-0.25, -0.2) is 4.79 Å². The van der Waals surface area contributed by atoms with Crippen molar-refractivity contribution in [1.82, 2.24) is 5.32 Å². The Hall–Kier alpha value is -0.850. The topological polar surface area (TPSA) is 88.0 Å². The molecule has 6 nitrogen and oxygen atoms in total. The van der Waals surface area contributed by atoms with Crippen molar-refractivity contribution in [2.24, 2.45) is 0 Å². The molecule has 6 heteroatoms. The predicted molar refractivity (Wildman–Crippen MR) is 58.1 cm³/mol. The number of carbonyl (C=O) groups excluding carboxylic acids is 1. The SMILES string of the molecule is COCC(O)(CO)CNC(=O)OC(C)(C)C. The minimum Gasteiger partial charge on any atom is -0.444 e. The maximum absolute atomic E-state index is 11.3. The third kappa shape index (κ3) is 6.60. The summed E-state index contributed by atoms with van der Waals surface area (Å²) in [6.45, 7) is 4.50. The number of aliphatic hydroxyl groups excluding tert-OH is 1. The van der Waals surface area contributed by atoms with Gasteiger partial charge in [0.15, 0.2) is 0 Å². The van der Waals surface area contributed by atoms with Crippen LogP contribution in [0.15, 0.2) is 0 Å². The summed E-state index contributed by atoms with van der Waals surface area (Å²) in [6, 6.07) is 0. The third-order valence-electron chi connectivity index (χ3n) is 1.67. The number of hydrogen-bond donors (Lipinski definition) is 3. The van der Waals surface area contributed by atoms with Crippen LogP contribution in [0.5, 0.6) is 0 Å². The molecule has 0 aliphatic rings. The van der Waals surface area contributed by atoms with E-state index in [4.69, 9.17) is 14.6 Å². The molecule has 16 heavy (non-hydrogen) atoms. The van der Waals surface area contributed by atoms with Gasteiger partial charge >= 0.3 is 6.09 Å². The fourth-order valence-corrected chi connectivity index (χ4v) is 0.972. The molecular formula is C10H21NO5. The summed E-state index contributed by atoms with van der Waals surface area (Å²) in [5, 5.41) is 21.0. The molecule has 0 aromatic carbocycles. The van der Waals surface area contributed by atoms with Gasteiger partial charge in [0.25, 0.3) is 0 Å². The summed E-state index contributed by atoms with van der Waals surface area (Å²) in [5.74, 6) is 0. The molecule has 3 N–H and O–H groups in total. The van der Waals surface area contributed by atoms with Crippen molar-refractivity contribution in [3.8, 4) is 0 Å². The highest BCUT2D eigenvalue weighted by molar-refractivity contribution is 5.67. The van der Waals surface area contributed by atoms with Gasteiger partial charge in [0.05, 0.1) is 19.8 Å². The Labute approximate surface area is 95.6 Å². The van der Waals surface area contributed by atoms with Crippen molar-refractivity contribution in [1.29, 1.82) is 0 Å². The van der Waals surface area contributed by atoms with Crippen molar-refractivity contribution in [2.75, 3.05) is 26.9 Å². The minimum absolute atomic E-state index is 0.0701. The zero-order valence-corrected chi connectivity index (χ0v) is 10.2. The number of ether oxygens (including phenoxy) is 2. The largest absolute Gasteiger partial charge is 0.444 e. The average Bonchev–Trinajstić information content (AvgIpc) is 2.13. The molecule has 0 aliphatic heterocycles. The first kappa shape index (κ1) is 15.2. The molecule has 96 valence electrons. The molecule has 0 fully saturated rings. The van der Waals surface area contributed by atoms with E-state index in [2.05, 4.69) is 5.32 Å². The Balaban J connectivity index is 4.07. The quantitative estimate of drug-likeness (QED) is 0.618. The Morgan fingerprint density at radius 1 is 1.38 bits per heavy atom. The van der Waals surface area contributed by atoms with Gasteiger partial charge in [0.2, 0.25) is 0 Å². The minimum atomic E-state index is -1.48. The summed E-state index contributed by atoms with van der Waals surface area (Å²) in [4.78, 5) is 11.3. The van der Waals surface area contributed by atoms with Crippen LogP contribution in [-0.2, 0) is 9.47 Å². The Kier molecular flexibility index (Phi) is 5.71. The molecule has 1 atom stereocenters. The van der Waals surface area contributed by atoms with Crippen molar-refractivity contribution in [2.45, 2.75) is 32.0 Å². The molecule has 0 bridgehead atoms. The second-order valence-corrected chi connectivity index (χ2v) is 4.67. The summed E-state index contributed by atoms with van der Waals surface area (Å²) in [5.41, 5.74) is -2.08. The number of nitrogens with one attached hydrogen (secondary N) is 1. The number of methoxy groups -OCH3 is 1. The number of alkyl carbamates (subject to hydrolysis) is 1. The van der Waals surface area contributed by atoms with E-state index in [1.807, 2.05) is 0 Å². The molecule has 0 aromatic heterocycles. The molecule has 0 rings (SSSR count). The van der Waals surface area contributed by atoms with Crippen LogP contribution in [0.2, 0.25) is 0 Å². The Morgan fingerprint density at radius 3 is 2.31 bits per heavy atom. The smallest absolute Gasteiger partial charge is 0.407 e. The van der Waals surface area contributed by atoms with Crippen LogP contribution < -0.4 is 5.32 Å². The lowest BCUT2D eigenvalue weighted by atomic mass is 10.1. The molecule has 0 saturated heterocycles. The predicted octanol–water partition coefficient (Wildman–Crippen LogP) is -0.119. The van der Waals surface area contributed by atoms with E-state index in [-0.39, 0.29) is 13.2 Å². The van der Waals surface area contributed by atoms with Crippen LogP contribution in [-0.4, -0.2) is 54.4 Å². The number of rotatable bonds is 5. The fraction of sp³-hybridized carbons (Fsp3) is 0.900. The van der Waals surface area contributed by atoms with Crippen LogP contribution in [0.1, 0.15) is 20.8 Å². The van der Waals surface area contributed by atoms with Crippen LogP contribution in [0, 0.1) is 0 Å². The van der Waals surface area contributed by atoms with Gasteiger partial charge in [0, 0.05) is 7.11 Å². The maximum Gasteiger partial charge on any atom is 0.407 e. The molecular weight excluding hydrogens is 214 g/mol. The second kappa shape index (κ2) is 6.03. The van der Waals surface area contributed by atoms with Gasteiger partial charge in [-0.15, -0.1) is 0 Å². The summed E-state index contributed by atoms with van der Waals surface area (Å²) in [6.07, 6.45) is -0.643. The molecule has 0 heterocycles. The zero-order valence-electron chi connectivity index (χ0n) is 10.2. The Morgan fingerprint density at radius 2 is 1.94 bits per heavy atom. The second-order valence-electron chi connectivity index (χ2n) is 4.67. The normalized spacial score (nSPS) is 15.4. The van der Waals surface area contributed by atoms with Crippen LogP contribution in [0.3, 0.4) is 0 Å². The first-order chi connectivity index (χ1) is 7.22. The summed E-state index contributed by atoms with van der Waals surface area (Å²) in [7, 11) is 1.40. The van der Waals surface area contributed by atoms with Gasteiger partial charge in [-0.3, -0.25) is 0 Å². The lowest BCUT2D eigenvalue weighted by Gasteiger charge is -2.26. The van der Waals surface area contributed by atoms with Crippen LogP contribution >= 0.6 is 0 Å². The van der Waals surface area contributed by atoms with Crippen molar-refractivity contribution < 1.29 is 24.5 Å². The number of amides is 1. The van der Waals surface area contributed by atoms with Crippen molar-refractivity contribution in [3.05, 3.63) is 0 Å². The highest BCUT2D eigenvalue weighted by Crippen LogP contribution is 2.07. The van der Waals surface area contributed by atoms with E-state index in [1.54, 1.807) is 20.8 Å². The first-order valence-corrected chi connectivity index (χ1v) is 5.01. The summed E-state index contributed by atoms with van der Waals surface area (Å²) >= 11 is 0. The third-order valence-corrected chi connectivity index (χ3v) is 1.67. The number of hydrogen-bond acceptors (Lipinski definition) is 5. The molecule has 1 amide bonds. The van der Waals surface area contributed by atoms with E-state index >= 15 is 0 Å². The fourth-order valence-electron chi connectivity index (χ4n) is 0.972. The van der Waals surface area contributed by atoms with E-state index in [0.29, 0.717) is 0 Å². The van der Waals surface area contributed by atoms with Crippen LogP contribution in [0.25, 0.3) is 0 Å². The summed E-state index contributed by atoms with van der Waals surface area (Å²) < 4.78 is 9.70. The van der Waals surface area contributed by atoms with Gasteiger partial charge < -0.3 is 25.0 Å². The highest BCUT2D eigenvalue weighted by Gasteiger charge is 2.27. The molecule has 0 spiro atoms. The zero-order chi connectivity index (χ0) is 12.8. The lowest BCUT2D eigenvalue weighted by molar-refractivity contribution is -0.0653. The molecule has 1 unspecified atom stereocenters. The molecule has 0 aromatic rings. The van der Waals surface area contributed by atoms with E-state index in [0.717, 1.165) is 0 Å². The average molecular weight is 235 g/mol. The molecule has 0 aliphatic carbocycles. The van der Waals surface area contributed by atoms with E-state index in [1.165, 1.54) is 7.11 Å². The standard InChI is InChI=1S/C10H21NO5/c1-9(2,3)16-8(13)11-5-10(14,6-12)7-15-4/h12,14H,5-7H2,1-4H3,(H,11,13). The van der Waals surface area contributed by atoms with Gasteiger partial charge in [-0.1, -0.05) is 0 Å². The van der Waals surface area contributed by atoms with E-state index in [9.17, 15) is 9.90 Å². The molecule has 0 saturated carbocycles. The monoisotopic (exact) mass is 235 g/mol. The lowest BCUT2D eigenvalue weighted by Crippen LogP contribution is -2.49. The van der Waals surface area contributed by atoms with Crippen molar-refractivity contribution >= 4 is 6.09 Å². The van der Waals surface area contributed by atoms with Gasteiger partial charge in [-0.2, -0.15) is 0 Å². The highest BCUT2D eigenvalue weighted by atomic mass is 16.6. The first-order valence-electron chi connectivity index (χ1n) is 5.01. The van der Waals surface area contributed by atoms with Crippen LogP contribution in [0.4, 0.5) is 4.79 Å². The van der Waals surface area contributed by atoms with Gasteiger partial charge in [-0.05, 0) is 20.8 Å².